The first-order valence-corrected chi connectivity index (χ1v) is 4.50. The summed E-state index contributed by atoms with van der Waals surface area (Å²) in [5.74, 6) is 0. The minimum atomic E-state index is -0.329. The van der Waals surface area contributed by atoms with Gasteiger partial charge in [-0.1, -0.05) is 30.3 Å². The fourth-order valence-corrected chi connectivity index (χ4v) is 1.35. The molecule has 13 heavy (non-hydrogen) atoms. The van der Waals surface area contributed by atoms with E-state index in [0.717, 1.165) is 5.56 Å². The Balaban J connectivity index is 2.67. The Morgan fingerprint density at radius 3 is 2.38 bits per heavy atom. The first-order chi connectivity index (χ1) is 6.24. The van der Waals surface area contributed by atoms with Crippen molar-refractivity contribution in [3.8, 4) is 0 Å². The average molecular weight is 180 g/mol. The molecule has 2 nitrogen and oxygen atoms in total. The zero-order chi connectivity index (χ0) is 9.68. The van der Waals surface area contributed by atoms with Gasteiger partial charge in [-0.3, -0.25) is 0 Å². The van der Waals surface area contributed by atoms with Crippen LogP contribution < -0.4 is 0 Å². The number of aliphatic hydroxyl groups excluding tert-OH is 1. The largest absolute Gasteiger partial charge is 0.393 e. The molecule has 0 radical (unpaired) electrons. The van der Waals surface area contributed by atoms with E-state index in [0.29, 0.717) is 6.42 Å². The van der Waals surface area contributed by atoms with Crippen LogP contribution in [-0.4, -0.2) is 18.3 Å². The summed E-state index contributed by atoms with van der Waals surface area (Å²) in [4.78, 5) is 0. The average Bonchev–Trinajstić information content (AvgIpc) is 2.15. The second-order valence-corrected chi connectivity index (χ2v) is 3.22. The Labute approximate surface area is 79.2 Å². The number of hydrogen-bond donors (Lipinski definition) is 1. The molecule has 2 unspecified atom stereocenters. The van der Waals surface area contributed by atoms with Crippen LogP contribution in [0.4, 0.5) is 0 Å². The highest BCUT2D eigenvalue weighted by Crippen LogP contribution is 2.21. The summed E-state index contributed by atoms with van der Waals surface area (Å²) in [6.07, 6.45) is 0.312. The normalized spacial score (nSPS) is 15.3. The number of aliphatic hydroxyl groups is 1. The molecule has 1 aromatic rings. The van der Waals surface area contributed by atoms with Crippen molar-refractivity contribution in [1.82, 2.24) is 0 Å². The molecule has 0 amide bonds. The number of methoxy groups -OCH3 is 1. The van der Waals surface area contributed by atoms with Gasteiger partial charge in [-0.25, -0.2) is 0 Å². The van der Waals surface area contributed by atoms with Crippen LogP contribution in [0.5, 0.6) is 0 Å². The Bertz CT molecular complexity index is 231. The molecule has 1 rings (SSSR count). The fraction of sp³-hybridized carbons (Fsp3) is 0.455. The third-order valence-electron chi connectivity index (χ3n) is 2.01. The van der Waals surface area contributed by atoms with Gasteiger partial charge in [-0.15, -0.1) is 0 Å². The van der Waals surface area contributed by atoms with Gasteiger partial charge in [-0.2, -0.15) is 0 Å². The molecular formula is C11H16O2. The van der Waals surface area contributed by atoms with Gasteiger partial charge < -0.3 is 9.84 Å². The van der Waals surface area contributed by atoms with E-state index in [4.69, 9.17) is 4.74 Å². The monoisotopic (exact) mass is 180 g/mol. The summed E-state index contributed by atoms with van der Waals surface area (Å²) in [5, 5.41) is 9.24. The molecule has 0 bridgehead atoms. The smallest absolute Gasteiger partial charge is 0.0845 e. The quantitative estimate of drug-likeness (QED) is 0.769. The lowest BCUT2D eigenvalue weighted by molar-refractivity contribution is 0.0511. The lowest BCUT2D eigenvalue weighted by Gasteiger charge is -2.16. The van der Waals surface area contributed by atoms with Gasteiger partial charge in [0.05, 0.1) is 12.2 Å². The van der Waals surface area contributed by atoms with E-state index >= 15 is 0 Å². The van der Waals surface area contributed by atoms with E-state index in [1.165, 1.54) is 0 Å². The maximum atomic E-state index is 9.24. The molecule has 2 atom stereocenters. The minimum Gasteiger partial charge on any atom is -0.393 e. The molecule has 0 fully saturated rings. The summed E-state index contributed by atoms with van der Waals surface area (Å²) < 4.78 is 5.29. The molecular weight excluding hydrogens is 164 g/mol. The summed E-state index contributed by atoms with van der Waals surface area (Å²) in [7, 11) is 1.67. The van der Waals surface area contributed by atoms with Crippen LogP contribution >= 0.6 is 0 Å². The van der Waals surface area contributed by atoms with Crippen molar-refractivity contribution in [1.29, 1.82) is 0 Å². The van der Waals surface area contributed by atoms with Gasteiger partial charge in [0, 0.05) is 13.5 Å². The molecule has 2 heteroatoms. The van der Waals surface area contributed by atoms with E-state index in [1.807, 2.05) is 30.3 Å². The van der Waals surface area contributed by atoms with Crippen molar-refractivity contribution in [2.75, 3.05) is 7.11 Å². The summed E-state index contributed by atoms with van der Waals surface area (Å²) >= 11 is 0. The lowest BCUT2D eigenvalue weighted by atomic mass is 10.0. The first kappa shape index (κ1) is 10.2. The van der Waals surface area contributed by atoms with E-state index in [9.17, 15) is 5.11 Å². The summed E-state index contributed by atoms with van der Waals surface area (Å²) in [5.41, 5.74) is 1.12. The maximum Gasteiger partial charge on any atom is 0.0845 e. The van der Waals surface area contributed by atoms with E-state index < -0.39 is 0 Å². The molecule has 0 aliphatic heterocycles. The molecule has 72 valence electrons. The number of hydrogen-bond acceptors (Lipinski definition) is 2. The predicted octanol–water partition coefficient (Wildman–Crippen LogP) is 2.15. The zero-order valence-electron chi connectivity index (χ0n) is 8.10. The van der Waals surface area contributed by atoms with Crippen LogP contribution in [0.3, 0.4) is 0 Å². The van der Waals surface area contributed by atoms with E-state index in [-0.39, 0.29) is 12.2 Å². The van der Waals surface area contributed by atoms with Crippen LogP contribution in [0.15, 0.2) is 30.3 Å². The van der Waals surface area contributed by atoms with E-state index in [2.05, 4.69) is 0 Å². The molecule has 1 N–H and O–H groups in total. The van der Waals surface area contributed by atoms with Crippen LogP contribution in [0.2, 0.25) is 0 Å². The summed E-state index contributed by atoms with van der Waals surface area (Å²) in [6, 6.07) is 9.94. The van der Waals surface area contributed by atoms with Crippen molar-refractivity contribution in [3.05, 3.63) is 35.9 Å². The molecule has 0 saturated carbocycles. The Kier molecular flexibility index (Phi) is 3.93. The highest BCUT2D eigenvalue weighted by atomic mass is 16.5. The van der Waals surface area contributed by atoms with Crippen molar-refractivity contribution in [2.45, 2.75) is 25.6 Å². The minimum absolute atomic E-state index is 0.00111. The van der Waals surface area contributed by atoms with Gasteiger partial charge in [0.2, 0.25) is 0 Å². The van der Waals surface area contributed by atoms with Gasteiger partial charge in [0.15, 0.2) is 0 Å². The van der Waals surface area contributed by atoms with Gasteiger partial charge in [0.1, 0.15) is 0 Å². The van der Waals surface area contributed by atoms with Gasteiger partial charge in [-0.05, 0) is 12.5 Å². The first-order valence-electron chi connectivity index (χ1n) is 4.50. The molecule has 1 aromatic carbocycles. The fourth-order valence-electron chi connectivity index (χ4n) is 1.35. The predicted molar refractivity (Wildman–Crippen MR) is 52.5 cm³/mol. The Morgan fingerprint density at radius 2 is 1.92 bits per heavy atom. The molecule has 0 aromatic heterocycles. The summed E-state index contributed by atoms with van der Waals surface area (Å²) in [6.45, 7) is 1.77. The highest BCUT2D eigenvalue weighted by molar-refractivity contribution is 5.17. The Morgan fingerprint density at radius 1 is 1.31 bits per heavy atom. The zero-order valence-corrected chi connectivity index (χ0v) is 8.10. The SMILES string of the molecule is COC(CC(C)O)c1ccccc1. The molecule has 0 spiro atoms. The van der Waals surface area contributed by atoms with Crippen LogP contribution in [0.25, 0.3) is 0 Å². The molecule has 0 aliphatic carbocycles. The van der Waals surface area contributed by atoms with Crippen molar-refractivity contribution in [3.63, 3.8) is 0 Å². The third kappa shape index (κ3) is 3.17. The Hall–Kier alpha value is -0.860. The van der Waals surface area contributed by atoms with Crippen LogP contribution in [0, 0.1) is 0 Å². The maximum absolute atomic E-state index is 9.24. The molecule has 0 aliphatic rings. The number of benzene rings is 1. The van der Waals surface area contributed by atoms with Crippen LogP contribution in [-0.2, 0) is 4.74 Å². The number of ether oxygens (including phenoxy) is 1. The van der Waals surface area contributed by atoms with Gasteiger partial charge >= 0.3 is 0 Å². The molecule has 0 saturated heterocycles. The standard InChI is InChI=1S/C11H16O2/c1-9(12)8-11(13-2)10-6-4-3-5-7-10/h3-7,9,11-12H,8H2,1-2H3. The van der Waals surface area contributed by atoms with Crippen molar-refractivity contribution in [2.24, 2.45) is 0 Å². The van der Waals surface area contributed by atoms with Crippen molar-refractivity contribution < 1.29 is 9.84 Å². The van der Waals surface area contributed by atoms with E-state index in [1.54, 1.807) is 14.0 Å². The van der Waals surface area contributed by atoms with Crippen LogP contribution in [0.1, 0.15) is 25.0 Å². The van der Waals surface area contributed by atoms with Crippen molar-refractivity contribution >= 4 is 0 Å². The topological polar surface area (TPSA) is 29.5 Å². The number of rotatable bonds is 4. The third-order valence-corrected chi connectivity index (χ3v) is 2.01. The second-order valence-electron chi connectivity index (χ2n) is 3.22. The molecule has 0 heterocycles. The second kappa shape index (κ2) is 5.00. The highest BCUT2D eigenvalue weighted by Gasteiger charge is 2.12. The van der Waals surface area contributed by atoms with Gasteiger partial charge in [0.25, 0.3) is 0 Å². The lowest BCUT2D eigenvalue weighted by Crippen LogP contribution is -2.10.